The van der Waals surface area contributed by atoms with Crippen LogP contribution >= 0.6 is 0 Å². The molecule has 2 atom stereocenters. The van der Waals surface area contributed by atoms with Crippen molar-refractivity contribution in [3.05, 3.63) is 12.2 Å². The molecule has 1 aliphatic heterocycles. The summed E-state index contributed by atoms with van der Waals surface area (Å²) in [6, 6.07) is 0. The van der Waals surface area contributed by atoms with Crippen LogP contribution in [0.25, 0.3) is 0 Å². The first-order chi connectivity index (χ1) is 6.88. The van der Waals surface area contributed by atoms with E-state index in [9.17, 15) is 0 Å². The topological polar surface area (TPSA) is 9.23 Å². The Hall–Kier alpha value is -0.300. The third-order valence-electron chi connectivity index (χ3n) is 3.67. The first kappa shape index (κ1) is 10.2. The van der Waals surface area contributed by atoms with Gasteiger partial charge in [-0.05, 0) is 25.2 Å². The molecule has 0 saturated heterocycles. The molecule has 2 unspecified atom stereocenters. The minimum atomic E-state index is 0.508. The highest BCUT2D eigenvalue weighted by molar-refractivity contribution is 4.95. The Kier molecular flexibility index (Phi) is 3.63. The molecule has 0 radical (unpaired) electrons. The molecule has 0 aromatic carbocycles. The van der Waals surface area contributed by atoms with Gasteiger partial charge in [-0.15, -0.1) is 0 Å². The van der Waals surface area contributed by atoms with Crippen LogP contribution in [0.4, 0.5) is 0 Å². The lowest BCUT2D eigenvalue weighted by atomic mass is 9.81. The largest absolute Gasteiger partial charge is 0.377 e. The second kappa shape index (κ2) is 4.97. The highest BCUT2D eigenvalue weighted by Gasteiger charge is 2.28. The normalized spacial score (nSPS) is 35.5. The molecular weight excluding hydrogens is 172 g/mol. The summed E-state index contributed by atoms with van der Waals surface area (Å²) in [5, 5.41) is 0. The van der Waals surface area contributed by atoms with Gasteiger partial charge >= 0.3 is 0 Å². The van der Waals surface area contributed by atoms with Crippen LogP contribution in [0.2, 0.25) is 0 Å². The zero-order valence-electron chi connectivity index (χ0n) is 9.24. The summed E-state index contributed by atoms with van der Waals surface area (Å²) < 4.78 is 5.99. The maximum absolute atomic E-state index is 5.99. The van der Waals surface area contributed by atoms with Crippen molar-refractivity contribution in [2.75, 3.05) is 6.61 Å². The van der Waals surface area contributed by atoms with Crippen LogP contribution in [-0.2, 0) is 4.74 Å². The molecule has 1 fully saturated rings. The van der Waals surface area contributed by atoms with Gasteiger partial charge in [0.05, 0.1) is 12.7 Å². The van der Waals surface area contributed by atoms with E-state index in [0.29, 0.717) is 12.0 Å². The number of ether oxygens (including phenoxy) is 1. The molecule has 1 saturated carbocycles. The van der Waals surface area contributed by atoms with Crippen LogP contribution in [-0.4, -0.2) is 12.7 Å². The van der Waals surface area contributed by atoms with E-state index < -0.39 is 0 Å². The van der Waals surface area contributed by atoms with Crippen LogP contribution in [0, 0.1) is 11.8 Å². The smallest absolute Gasteiger partial charge is 0.0663 e. The average molecular weight is 194 g/mol. The van der Waals surface area contributed by atoms with E-state index in [4.69, 9.17) is 4.74 Å². The molecule has 0 aromatic rings. The number of hydrogen-bond acceptors (Lipinski definition) is 1. The summed E-state index contributed by atoms with van der Waals surface area (Å²) in [7, 11) is 0. The van der Waals surface area contributed by atoms with E-state index >= 15 is 0 Å². The van der Waals surface area contributed by atoms with Crippen molar-refractivity contribution < 1.29 is 4.74 Å². The van der Waals surface area contributed by atoms with Crippen molar-refractivity contribution in [1.82, 2.24) is 0 Å². The molecule has 80 valence electrons. The van der Waals surface area contributed by atoms with E-state index in [1.54, 1.807) is 0 Å². The van der Waals surface area contributed by atoms with Gasteiger partial charge in [-0.2, -0.15) is 0 Å². The third kappa shape index (κ3) is 2.38. The molecule has 2 rings (SSSR count). The summed E-state index contributed by atoms with van der Waals surface area (Å²) in [6.45, 7) is 3.24. The monoisotopic (exact) mass is 194 g/mol. The predicted octanol–water partition coefficient (Wildman–Crippen LogP) is 3.55. The van der Waals surface area contributed by atoms with Gasteiger partial charge in [0.15, 0.2) is 0 Å². The first-order valence-electron chi connectivity index (χ1n) is 6.16. The van der Waals surface area contributed by atoms with Gasteiger partial charge in [-0.3, -0.25) is 0 Å². The summed E-state index contributed by atoms with van der Waals surface area (Å²) in [5.41, 5.74) is 0. The molecule has 0 N–H and O–H groups in total. The molecule has 0 amide bonds. The molecule has 2 aliphatic rings. The number of rotatable bonds is 1. The quantitative estimate of drug-likeness (QED) is 0.580. The Morgan fingerprint density at radius 3 is 2.71 bits per heavy atom. The van der Waals surface area contributed by atoms with Crippen molar-refractivity contribution in [3.63, 3.8) is 0 Å². The minimum Gasteiger partial charge on any atom is -0.377 e. The third-order valence-corrected chi connectivity index (χ3v) is 3.67. The van der Waals surface area contributed by atoms with Crippen LogP contribution in [0.5, 0.6) is 0 Å². The molecule has 1 nitrogen and oxygen atoms in total. The fraction of sp³-hybridized carbons (Fsp3) is 0.846. The Balaban J connectivity index is 1.95. The van der Waals surface area contributed by atoms with E-state index in [0.717, 1.165) is 18.9 Å². The Morgan fingerprint density at radius 2 is 1.93 bits per heavy atom. The van der Waals surface area contributed by atoms with Gasteiger partial charge in [0.25, 0.3) is 0 Å². The van der Waals surface area contributed by atoms with Crippen LogP contribution in [0.1, 0.15) is 45.4 Å². The van der Waals surface area contributed by atoms with Crippen molar-refractivity contribution in [2.45, 2.75) is 51.6 Å². The Morgan fingerprint density at radius 1 is 1.14 bits per heavy atom. The van der Waals surface area contributed by atoms with Gasteiger partial charge in [0, 0.05) is 5.92 Å². The minimum absolute atomic E-state index is 0.508. The van der Waals surface area contributed by atoms with Crippen LogP contribution < -0.4 is 0 Å². The van der Waals surface area contributed by atoms with Crippen molar-refractivity contribution in [1.29, 1.82) is 0 Å². The van der Waals surface area contributed by atoms with Gasteiger partial charge in [0.2, 0.25) is 0 Å². The summed E-state index contributed by atoms with van der Waals surface area (Å²) in [5.74, 6) is 1.46. The molecule has 0 bridgehead atoms. The molecule has 1 heteroatoms. The number of hydrogen-bond donors (Lipinski definition) is 0. The summed E-state index contributed by atoms with van der Waals surface area (Å²) in [4.78, 5) is 0. The van der Waals surface area contributed by atoms with Crippen molar-refractivity contribution in [3.8, 4) is 0 Å². The molecular formula is C13H22O. The predicted molar refractivity (Wildman–Crippen MR) is 59.2 cm³/mol. The van der Waals surface area contributed by atoms with Gasteiger partial charge in [-0.25, -0.2) is 0 Å². The van der Waals surface area contributed by atoms with Crippen molar-refractivity contribution in [2.24, 2.45) is 11.8 Å². The summed E-state index contributed by atoms with van der Waals surface area (Å²) in [6.07, 6.45) is 13.3. The van der Waals surface area contributed by atoms with E-state index in [1.165, 1.54) is 32.1 Å². The highest BCUT2D eigenvalue weighted by Crippen LogP contribution is 2.32. The fourth-order valence-corrected chi connectivity index (χ4v) is 2.87. The summed E-state index contributed by atoms with van der Waals surface area (Å²) >= 11 is 0. The second-order valence-corrected chi connectivity index (χ2v) is 4.81. The molecule has 1 heterocycles. The average Bonchev–Trinajstić information content (AvgIpc) is 2.44. The van der Waals surface area contributed by atoms with E-state index in [2.05, 4.69) is 19.1 Å². The molecule has 0 aromatic heterocycles. The van der Waals surface area contributed by atoms with Crippen LogP contribution in [0.15, 0.2) is 12.2 Å². The maximum atomic E-state index is 5.99. The first-order valence-corrected chi connectivity index (χ1v) is 6.16. The zero-order chi connectivity index (χ0) is 9.80. The Bertz CT molecular complexity index is 191. The second-order valence-electron chi connectivity index (χ2n) is 4.81. The molecule has 1 aliphatic carbocycles. The van der Waals surface area contributed by atoms with Gasteiger partial charge in [0.1, 0.15) is 0 Å². The molecule has 14 heavy (non-hydrogen) atoms. The van der Waals surface area contributed by atoms with Crippen molar-refractivity contribution >= 4 is 0 Å². The van der Waals surface area contributed by atoms with Gasteiger partial charge < -0.3 is 4.74 Å². The standard InChI is InChI=1S/C13H22O/c1-11-7-5-6-10-14-13(11)12-8-3-2-4-9-12/h5,7,11-13H,2-4,6,8-10H2,1H3. The maximum Gasteiger partial charge on any atom is 0.0663 e. The lowest BCUT2D eigenvalue weighted by Gasteiger charge is -2.32. The van der Waals surface area contributed by atoms with E-state index in [1.807, 2.05) is 0 Å². The highest BCUT2D eigenvalue weighted by atomic mass is 16.5. The van der Waals surface area contributed by atoms with E-state index in [-0.39, 0.29) is 0 Å². The van der Waals surface area contributed by atoms with Crippen LogP contribution in [0.3, 0.4) is 0 Å². The molecule has 0 spiro atoms. The Labute approximate surface area is 87.5 Å². The SMILES string of the molecule is CC1C=CCCOC1C1CCCCC1. The zero-order valence-corrected chi connectivity index (χ0v) is 9.24. The lowest BCUT2D eigenvalue weighted by Crippen LogP contribution is -2.30. The fourth-order valence-electron chi connectivity index (χ4n) is 2.87. The lowest BCUT2D eigenvalue weighted by molar-refractivity contribution is -0.0154. The van der Waals surface area contributed by atoms with Gasteiger partial charge in [-0.1, -0.05) is 38.3 Å².